The number of benzene rings is 1. The van der Waals surface area contributed by atoms with Crippen LogP contribution in [0, 0.1) is 0 Å². The van der Waals surface area contributed by atoms with Gasteiger partial charge in [0, 0.05) is 11.3 Å². The smallest absolute Gasteiger partial charge is 0.408 e. The zero-order chi connectivity index (χ0) is 15.3. The van der Waals surface area contributed by atoms with Crippen LogP contribution in [0.1, 0.15) is 26.3 Å². The summed E-state index contributed by atoms with van der Waals surface area (Å²) in [6.07, 6.45) is -0.574. The highest BCUT2D eigenvalue weighted by atomic mass is 32.1. The molecule has 0 radical (unpaired) electrons. The predicted molar refractivity (Wildman–Crippen MR) is 78.2 cm³/mol. The summed E-state index contributed by atoms with van der Waals surface area (Å²) in [4.78, 5) is 23.6. The lowest BCUT2D eigenvalue weighted by Gasteiger charge is -2.22. The van der Waals surface area contributed by atoms with Gasteiger partial charge in [-0.3, -0.25) is 0 Å². The minimum absolute atomic E-state index is 0.170. The van der Waals surface area contributed by atoms with Crippen LogP contribution in [0.5, 0.6) is 0 Å². The molecule has 2 N–H and O–H groups in total. The fraction of sp³-hybridized carbons (Fsp3) is 0.429. The number of carbonyl (C=O) groups excluding carboxylic acids is 1. The van der Waals surface area contributed by atoms with Gasteiger partial charge in [-0.25, -0.2) is 9.59 Å². The van der Waals surface area contributed by atoms with Crippen molar-refractivity contribution in [1.82, 2.24) is 5.32 Å². The average molecular weight is 297 g/mol. The van der Waals surface area contributed by atoms with Crippen LogP contribution in [0.4, 0.5) is 4.79 Å². The number of rotatable bonds is 4. The fourth-order valence-electron chi connectivity index (χ4n) is 1.57. The van der Waals surface area contributed by atoms with E-state index in [4.69, 9.17) is 9.84 Å². The van der Waals surface area contributed by atoms with Crippen molar-refractivity contribution in [2.45, 2.75) is 43.7 Å². The minimum Gasteiger partial charge on any atom is -0.480 e. The van der Waals surface area contributed by atoms with Gasteiger partial charge in [0.2, 0.25) is 0 Å². The van der Waals surface area contributed by atoms with E-state index in [1.807, 2.05) is 0 Å². The van der Waals surface area contributed by atoms with Crippen molar-refractivity contribution in [2.24, 2.45) is 0 Å². The second-order valence-electron chi connectivity index (χ2n) is 5.41. The Morgan fingerprint density at radius 2 is 2.05 bits per heavy atom. The van der Waals surface area contributed by atoms with Crippen LogP contribution in [0.3, 0.4) is 0 Å². The van der Waals surface area contributed by atoms with Gasteiger partial charge in [0.1, 0.15) is 11.6 Å². The molecular formula is C14H19NO4S. The molecule has 20 heavy (non-hydrogen) atoms. The lowest BCUT2D eigenvalue weighted by Crippen LogP contribution is -2.44. The number of aliphatic carboxylic acids is 1. The van der Waals surface area contributed by atoms with Crippen LogP contribution in [0.15, 0.2) is 29.2 Å². The molecule has 0 heterocycles. The van der Waals surface area contributed by atoms with E-state index in [-0.39, 0.29) is 6.42 Å². The first-order valence-electron chi connectivity index (χ1n) is 6.17. The molecular weight excluding hydrogens is 278 g/mol. The molecule has 0 aromatic heterocycles. The average Bonchev–Trinajstić information content (AvgIpc) is 2.25. The van der Waals surface area contributed by atoms with E-state index < -0.39 is 23.7 Å². The molecule has 1 unspecified atom stereocenters. The lowest BCUT2D eigenvalue weighted by molar-refractivity contribution is -0.139. The van der Waals surface area contributed by atoms with Crippen molar-refractivity contribution < 1.29 is 19.4 Å². The highest BCUT2D eigenvalue weighted by molar-refractivity contribution is 7.80. The van der Waals surface area contributed by atoms with Gasteiger partial charge in [0.05, 0.1) is 0 Å². The molecule has 0 saturated carbocycles. The van der Waals surface area contributed by atoms with E-state index in [1.165, 1.54) is 0 Å². The molecule has 6 heteroatoms. The Morgan fingerprint density at radius 1 is 1.40 bits per heavy atom. The molecule has 1 aromatic rings. The van der Waals surface area contributed by atoms with Gasteiger partial charge in [0.15, 0.2) is 0 Å². The van der Waals surface area contributed by atoms with E-state index in [2.05, 4.69) is 17.9 Å². The minimum atomic E-state index is -1.11. The molecule has 0 aliphatic carbocycles. The number of ether oxygens (including phenoxy) is 1. The van der Waals surface area contributed by atoms with E-state index >= 15 is 0 Å². The normalized spacial score (nSPS) is 12.6. The topological polar surface area (TPSA) is 75.6 Å². The summed E-state index contributed by atoms with van der Waals surface area (Å²) >= 11 is 4.19. The quantitative estimate of drug-likeness (QED) is 0.746. The third-order valence-corrected chi connectivity index (χ3v) is 2.62. The second kappa shape index (κ2) is 6.65. The fourth-order valence-corrected chi connectivity index (χ4v) is 1.82. The number of carboxylic acid groups (broad SMARTS) is 1. The van der Waals surface area contributed by atoms with Gasteiger partial charge < -0.3 is 15.2 Å². The van der Waals surface area contributed by atoms with Crippen LogP contribution in [-0.4, -0.2) is 28.8 Å². The zero-order valence-electron chi connectivity index (χ0n) is 11.7. The van der Waals surface area contributed by atoms with Gasteiger partial charge >= 0.3 is 12.1 Å². The number of carbonyl (C=O) groups is 2. The maximum Gasteiger partial charge on any atom is 0.408 e. The molecule has 0 spiro atoms. The van der Waals surface area contributed by atoms with Gasteiger partial charge in [-0.1, -0.05) is 12.1 Å². The van der Waals surface area contributed by atoms with Crippen molar-refractivity contribution >= 4 is 24.7 Å². The highest BCUT2D eigenvalue weighted by Crippen LogP contribution is 2.12. The van der Waals surface area contributed by atoms with E-state index in [0.29, 0.717) is 0 Å². The molecule has 0 saturated heterocycles. The summed E-state index contributed by atoms with van der Waals surface area (Å²) in [7, 11) is 0. The van der Waals surface area contributed by atoms with Crippen LogP contribution in [0.25, 0.3) is 0 Å². The maximum atomic E-state index is 11.6. The molecule has 110 valence electrons. The van der Waals surface area contributed by atoms with E-state index in [1.54, 1.807) is 45.0 Å². The van der Waals surface area contributed by atoms with Crippen LogP contribution >= 0.6 is 12.6 Å². The number of hydrogen-bond donors (Lipinski definition) is 3. The van der Waals surface area contributed by atoms with Crippen LogP contribution in [0.2, 0.25) is 0 Å². The second-order valence-corrected chi connectivity index (χ2v) is 5.93. The Morgan fingerprint density at radius 3 is 2.55 bits per heavy atom. The number of amides is 1. The molecule has 5 nitrogen and oxygen atoms in total. The Hall–Kier alpha value is -1.69. The summed E-state index contributed by atoms with van der Waals surface area (Å²) in [5.74, 6) is -1.11. The van der Waals surface area contributed by atoms with Crippen molar-refractivity contribution in [3.63, 3.8) is 0 Å². The largest absolute Gasteiger partial charge is 0.480 e. The first-order valence-corrected chi connectivity index (χ1v) is 6.62. The van der Waals surface area contributed by atoms with Gasteiger partial charge in [-0.15, -0.1) is 12.6 Å². The third kappa shape index (κ3) is 5.97. The monoisotopic (exact) mass is 297 g/mol. The van der Waals surface area contributed by atoms with E-state index in [9.17, 15) is 9.59 Å². The molecule has 0 bridgehead atoms. The van der Waals surface area contributed by atoms with Gasteiger partial charge in [-0.05, 0) is 38.5 Å². The zero-order valence-corrected chi connectivity index (χ0v) is 12.6. The molecule has 0 fully saturated rings. The Bertz CT molecular complexity index is 496. The molecule has 0 aliphatic rings. The Balaban J connectivity index is 2.71. The number of alkyl carbamates (subject to hydrolysis) is 1. The number of hydrogen-bond acceptors (Lipinski definition) is 4. The number of carboxylic acids is 1. The molecule has 1 atom stereocenters. The summed E-state index contributed by atoms with van der Waals surface area (Å²) in [5.41, 5.74) is 0.110. The first-order chi connectivity index (χ1) is 9.17. The van der Waals surface area contributed by atoms with Crippen molar-refractivity contribution in [1.29, 1.82) is 0 Å². The highest BCUT2D eigenvalue weighted by Gasteiger charge is 2.24. The van der Waals surface area contributed by atoms with Gasteiger partial charge in [-0.2, -0.15) is 0 Å². The molecule has 1 amide bonds. The standard InChI is InChI=1S/C14H19NO4S/c1-14(2,3)19-13(18)15-11(12(16)17)8-9-5-4-6-10(20)7-9/h4-7,11,20H,8H2,1-3H3,(H,15,18)(H,16,17). The SMILES string of the molecule is CC(C)(C)OC(=O)NC(Cc1cccc(S)c1)C(=O)O. The van der Waals surface area contributed by atoms with Crippen molar-refractivity contribution in [3.05, 3.63) is 29.8 Å². The molecule has 0 aliphatic heterocycles. The van der Waals surface area contributed by atoms with E-state index in [0.717, 1.165) is 10.5 Å². The number of nitrogens with one attached hydrogen (secondary N) is 1. The summed E-state index contributed by atoms with van der Waals surface area (Å²) in [6.45, 7) is 5.15. The lowest BCUT2D eigenvalue weighted by atomic mass is 10.1. The molecule has 1 aromatic carbocycles. The molecule has 1 rings (SSSR count). The van der Waals surface area contributed by atoms with Crippen molar-refractivity contribution in [2.75, 3.05) is 0 Å². The summed E-state index contributed by atoms with van der Waals surface area (Å²) in [6, 6.07) is 6.08. The summed E-state index contributed by atoms with van der Waals surface area (Å²) in [5, 5.41) is 11.5. The Kier molecular flexibility index (Phi) is 5.44. The number of thiol groups is 1. The van der Waals surface area contributed by atoms with Gasteiger partial charge in [0.25, 0.3) is 0 Å². The van der Waals surface area contributed by atoms with Crippen LogP contribution < -0.4 is 5.32 Å². The predicted octanol–water partition coefficient (Wildman–Crippen LogP) is 2.50. The van der Waals surface area contributed by atoms with Crippen LogP contribution in [-0.2, 0) is 16.0 Å². The first kappa shape index (κ1) is 16.4. The Labute approximate surface area is 123 Å². The summed E-state index contributed by atoms with van der Waals surface area (Å²) < 4.78 is 5.05. The third-order valence-electron chi connectivity index (χ3n) is 2.34. The maximum absolute atomic E-state index is 11.6. The van der Waals surface area contributed by atoms with Crippen molar-refractivity contribution in [3.8, 4) is 0 Å².